The fraction of sp³-hybridized carbons (Fsp3) is 0.938. The maximum absolute atomic E-state index is 11.3. The highest BCUT2D eigenvalue weighted by atomic mass is 16.2. The molecule has 0 bridgehead atoms. The molecule has 2 nitrogen and oxygen atoms in total. The Morgan fingerprint density at radius 3 is 1.61 bits per heavy atom. The number of aliphatic hydroxyl groups is 1. The molecule has 2 heteroatoms. The third kappa shape index (κ3) is 13.7. The SMILES string of the molecule is CCCC(=O)CCCCCCCCCCCCO. The Kier molecular flexibility index (Phi) is 14.4. The van der Waals surface area contributed by atoms with Gasteiger partial charge in [-0.25, -0.2) is 0 Å². The topological polar surface area (TPSA) is 37.3 Å². The molecule has 0 aliphatic carbocycles. The van der Waals surface area contributed by atoms with Crippen LogP contribution in [-0.4, -0.2) is 17.5 Å². The van der Waals surface area contributed by atoms with Crippen LogP contribution in [0.2, 0.25) is 0 Å². The van der Waals surface area contributed by atoms with E-state index >= 15 is 0 Å². The zero-order chi connectivity index (χ0) is 13.5. The quantitative estimate of drug-likeness (QED) is 0.460. The third-order valence-corrected chi connectivity index (χ3v) is 3.39. The number of carbonyl (C=O) groups is 1. The van der Waals surface area contributed by atoms with Crippen LogP contribution in [0.5, 0.6) is 0 Å². The van der Waals surface area contributed by atoms with E-state index < -0.39 is 0 Å². The van der Waals surface area contributed by atoms with Gasteiger partial charge in [-0.15, -0.1) is 0 Å². The molecule has 0 rings (SSSR count). The highest BCUT2D eigenvalue weighted by Crippen LogP contribution is 2.11. The van der Waals surface area contributed by atoms with Gasteiger partial charge in [-0.05, 0) is 19.3 Å². The van der Waals surface area contributed by atoms with Crippen LogP contribution < -0.4 is 0 Å². The summed E-state index contributed by atoms with van der Waals surface area (Å²) in [4.78, 5) is 11.3. The summed E-state index contributed by atoms with van der Waals surface area (Å²) in [6.45, 7) is 2.41. The summed E-state index contributed by atoms with van der Waals surface area (Å²) in [6, 6.07) is 0. The van der Waals surface area contributed by atoms with Gasteiger partial charge in [-0.3, -0.25) is 4.79 Å². The van der Waals surface area contributed by atoms with Crippen molar-refractivity contribution in [3.05, 3.63) is 0 Å². The number of hydrogen-bond donors (Lipinski definition) is 1. The number of carbonyl (C=O) groups excluding carboxylic acids is 1. The van der Waals surface area contributed by atoms with E-state index in [1.807, 2.05) is 0 Å². The minimum Gasteiger partial charge on any atom is -0.396 e. The van der Waals surface area contributed by atoms with Crippen LogP contribution in [0.25, 0.3) is 0 Å². The Bertz CT molecular complexity index is 178. The standard InChI is InChI=1S/C16H32O2/c1-2-13-16(18)14-11-9-7-5-3-4-6-8-10-12-15-17/h17H,2-15H2,1H3. The molecule has 0 aromatic carbocycles. The summed E-state index contributed by atoms with van der Waals surface area (Å²) < 4.78 is 0. The molecule has 1 N–H and O–H groups in total. The van der Waals surface area contributed by atoms with Crippen LogP contribution in [-0.2, 0) is 4.79 Å². The first-order chi connectivity index (χ1) is 8.81. The van der Waals surface area contributed by atoms with Gasteiger partial charge in [0.15, 0.2) is 0 Å². The first-order valence-corrected chi connectivity index (χ1v) is 7.93. The van der Waals surface area contributed by atoms with E-state index in [0.717, 1.165) is 32.1 Å². The number of hydrogen-bond acceptors (Lipinski definition) is 2. The van der Waals surface area contributed by atoms with Crippen LogP contribution >= 0.6 is 0 Å². The van der Waals surface area contributed by atoms with Gasteiger partial charge in [0.25, 0.3) is 0 Å². The molecule has 0 radical (unpaired) electrons. The van der Waals surface area contributed by atoms with Crippen LogP contribution in [0.15, 0.2) is 0 Å². The van der Waals surface area contributed by atoms with Gasteiger partial charge in [0.2, 0.25) is 0 Å². The van der Waals surface area contributed by atoms with Crippen molar-refractivity contribution in [1.82, 2.24) is 0 Å². The number of unbranched alkanes of at least 4 members (excludes halogenated alkanes) is 9. The highest BCUT2D eigenvalue weighted by molar-refractivity contribution is 5.78. The van der Waals surface area contributed by atoms with Crippen molar-refractivity contribution in [1.29, 1.82) is 0 Å². The molecule has 0 saturated carbocycles. The molecule has 0 aliphatic rings. The fourth-order valence-corrected chi connectivity index (χ4v) is 2.25. The molecule has 18 heavy (non-hydrogen) atoms. The van der Waals surface area contributed by atoms with Gasteiger partial charge in [-0.1, -0.05) is 58.3 Å². The smallest absolute Gasteiger partial charge is 0.132 e. The Morgan fingerprint density at radius 1 is 0.722 bits per heavy atom. The molecule has 0 aromatic heterocycles. The number of Topliss-reactive ketones (excluding diaryl/α,β-unsaturated/α-hetero) is 1. The van der Waals surface area contributed by atoms with E-state index in [9.17, 15) is 4.79 Å². The van der Waals surface area contributed by atoms with Gasteiger partial charge in [-0.2, -0.15) is 0 Å². The Morgan fingerprint density at radius 2 is 1.17 bits per heavy atom. The molecule has 0 saturated heterocycles. The number of aliphatic hydroxyl groups excluding tert-OH is 1. The van der Waals surface area contributed by atoms with Crippen molar-refractivity contribution < 1.29 is 9.90 Å². The molecule has 0 aliphatic heterocycles. The van der Waals surface area contributed by atoms with Crippen molar-refractivity contribution in [2.24, 2.45) is 0 Å². The van der Waals surface area contributed by atoms with Crippen LogP contribution in [0.3, 0.4) is 0 Å². The summed E-state index contributed by atoms with van der Waals surface area (Å²) in [7, 11) is 0. The number of ketones is 1. The van der Waals surface area contributed by atoms with Crippen LogP contribution in [0.4, 0.5) is 0 Å². The summed E-state index contributed by atoms with van der Waals surface area (Å²) >= 11 is 0. The number of rotatable bonds is 14. The summed E-state index contributed by atoms with van der Waals surface area (Å²) in [6.07, 6.45) is 14.9. The van der Waals surface area contributed by atoms with E-state index in [2.05, 4.69) is 6.92 Å². The van der Waals surface area contributed by atoms with Crippen molar-refractivity contribution in [2.75, 3.05) is 6.61 Å². The maximum atomic E-state index is 11.3. The predicted molar refractivity (Wildman–Crippen MR) is 77.8 cm³/mol. The predicted octanol–water partition coefficient (Wildman–Crippen LogP) is 4.64. The van der Waals surface area contributed by atoms with E-state index in [0.29, 0.717) is 12.4 Å². The largest absolute Gasteiger partial charge is 0.396 e. The molecular weight excluding hydrogens is 224 g/mol. The molecule has 108 valence electrons. The minimum absolute atomic E-state index is 0.344. The van der Waals surface area contributed by atoms with E-state index in [-0.39, 0.29) is 0 Å². The van der Waals surface area contributed by atoms with Crippen molar-refractivity contribution in [3.63, 3.8) is 0 Å². The van der Waals surface area contributed by atoms with Gasteiger partial charge in [0, 0.05) is 19.4 Å². The summed E-state index contributed by atoms with van der Waals surface area (Å²) in [5.74, 6) is 0.446. The van der Waals surface area contributed by atoms with Crippen molar-refractivity contribution in [3.8, 4) is 0 Å². The second-order valence-electron chi connectivity index (χ2n) is 5.30. The summed E-state index contributed by atoms with van der Waals surface area (Å²) in [5.41, 5.74) is 0. The Labute approximate surface area is 113 Å². The van der Waals surface area contributed by atoms with E-state index in [1.165, 1.54) is 51.4 Å². The molecule has 0 heterocycles. The van der Waals surface area contributed by atoms with Gasteiger partial charge < -0.3 is 5.11 Å². The summed E-state index contributed by atoms with van der Waals surface area (Å²) in [5, 5.41) is 8.64. The molecule has 0 amide bonds. The second-order valence-corrected chi connectivity index (χ2v) is 5.30. The fourth-order valence-electron chi connectivity index (χ4n) is 2.25. The van der Waals surface area contributed by atoms with Crippen molar-refractivity contribution in [2.45, 2.75) is 90.4 Å². The maximum Gasteiger partial charge on any atom is 0.132 e. The normalized spacial score (nSPS) is 10.8. The molecular formula is C16H32O2. The lowest BCUT2D eigenvalue weighted by Crippen LogP contribution is -1.96. The lowest BCUT2D eigenvalue weighted by molar-refractivity contribution is -0.119. The molecule has 0 fully saturated rings. The molecule has 0 spiro atoms. The molecule has 0 unspecified atom stereocenters. The Balaban J connectivity index is 3.01. The monoisotopic (exact) mass is 256 g/mol. The zero-order valence-corrected chi connectivity index (χ0v) is 12.3. The Hall–Kier alpha value is -0.370. The lowest BCUT2D eigenvalue weighted by atomic mass is 10.0. The van der Waals surface area contributed by atoms with Gasteiger partial charge in [0.1, 0.15) is 5.78 Å². The van der Waals surface area contributed by atoms with Crippen LogP contribution in [0.1, 0.15) is 90.4 Å². The zero-order valence-electron chi connectivity index (χ0n) is 12.3. The van der Waals surface area contributed by atoms with Gasteiger partial charge in [0.05, 0.1) is 0 Å². The van der Waals surface area contributed by atoms with Crippen molar-refractivity contribution >= 4 is 5.78 Å². The lowest BCUT2D eigenvalue weighted by Gasteiger charge is -2.02. The van der Waals surface area contributed by atoms with E-state index in [4.69, 9.17) is 5.11 Å². The molecule has 0 aromatic rings. The van der Waals surface area contributed by atoms with Gasteiger partial charge >= 0.3 is 0 Å². The highest BCUT2D eigenvalue weighted by Gasteiger charge is 1.99. The van der Waals surface area contributed by atoms with E-state index in [1.54, 1.807) is 0 Å². The molecule has 0 atom stereocenters. The first-order valence-electron chi connectivity index (χ1n) is 7.93. The minimum atomic E-state index is 0.344. The second kappa shape index (κ2) is 14.7. The average Bonchev–Trinajstić information content (AvgIpc) is 2.36. The van der Waals surface area contributed by atoms with Crippen LogP contribution in [0, 0.1) is 0 Å². The average molecular weight is 256 g/mol. The first kappa shape index (κ1) is 17.6. The third-order valence-electron chi connectivity index (χ3n) is 3.39.